The summed E-state index contributed by atoms with van der Waals surface area (Å²) in [5.74, 6) is 0.319. The molecule has 132 valence electrons. The third-order valence-corrected chi connectivity index (χ3v) is 4.75. The van der Waals surface area contributed by atoms with Crippen molar-refractivity contribution < 1.29 is 4.79 Å². The standard InChI is InChI=1S/C17H19Cl2N5O/c1-2-23-5-7-24(8-6-23)16(25)12-10-20-17(21-11-12)22-15-9-13(18)3-4-14(15)19/h3-4,9-11H,2,5-8H2,1H3,(H,20,21,22). The zero-order valence-corrected chi connectivity index (χ0v) is 15.4. The molecule has 3 rings (SSSR count). The van der Waals surface area contributed by atoms with E-state index in [1.807, 2.05) is 4.90 Å². The Hall–Kier alpha value is -1.89. The second-order valence-corrected chi connectivity index (χ2v) is 6.61. The van der Waals surface area contributed by atoms with E-state index >= 15 is 0 Å². The molecule has 0 unspecified atom stereocenters. The Labute approximate surface area is 156 Å². The normalized spacial score (nSPS) is 15.2. The minimum absolute atomic E-state index is 0.0388. The molecule has 0 saturated carbocycles. The molecular weight excluding hydrogens is 361 g/mol. The summed E-state index contributed by atoms with van der Waals surface area (Å²) in [5, 5.41) is 4.08. The lowest BCUT2D eigenvalue weighted by molar-refractivity contribution is 0.0642. The van der Waals surface area contributed by atoms with Crippen LogP contribution in [0.5, 0.6) is 0 Å². The van der Waals surface area contributed by atoms with E-state index < -0.39 is 0 Å². The lowest BCUT2D eigenvalue weighted by Gasteiger charge is -2.33. The van der Waals surface area contributed by atoms with Gasteiger partial charge in [-0.25, -0.2) is 9.97 Å². The van der Waals surface area contributed by atoms with Crippen molar-refractivity contribution in [3.8, 4) is 0 Å². The van der Waals surface area contributed by atoms with Crippen LogP contribution in [0.4, 0.5) is 11.6 Å². The predicted molar refractivity (Wildman–Crippen MR) is 99.8 cm³/mol. The van der Waals surface area contributed by atoms with Crippen molar-refractivity contribution in [1.29, 1.82) is 0 Å². The first-order chi connectivity index (χ1) is 12.1. The van der Waals surface area contributed by atoms with Crippen LogP contribution in [0.2, 0.25) is 10.0 Å². The average Bonchev–Trinajstić information content (AvgIpc) is 2.65. The Bertz CT molecular complexity index is 745. The molecule has 8 heteroatoms. The fourth-order valence-electron chi connectivity index (χ4n) is 2.67. The van der Waals surface area contributed by atoms with Gasteiger partial charge in [0.1, 0.15) is 0 Å². The first-order valence-electron chi connectivity index (χ1n) is 8.12. The summed E-state index contributed by atoms with van der Waals surface area (Å²) in [5.41, 5.74) is 1.09. The third-order valence-electron chi connectivity index (χ3n) is 4.18. The molecule has 1 aliphatic rings. The van der Waals surface area contributed by atoms with Gasteiger partial charge in [-0.3, -0.25) is 4.79 Å². The number of nitrogens with one attached hydrogen (secondary N) is 1. The number of carbonyl (C=O) groups is 1. The van der Waals surface area contributed by atoms with Crippen molar-refractivity contribution in [3.63, 3.8) is 0 Å². The molecular formula is C17H19Cl2N5O. The Morgan fingerprint density at radius 2 is 1.84 bits per heavy atom. The largest absolute Gasteiger partial charge is 0.336 e. The molecule has 1 N–H and O–H groups in total. The van der Waals surface area contributed by atoms with E-state index in [1.54, 1.807) is 18.2 Å². The van der Waals surface area contributed by atoms with Crippen LogP contribution < -0.4 is 5.32 Å². The number of likely N-dealkylation sites (N-methyl/N-ethyl adjacent to an activating group) is 1. The van der Waals surface area contributed by atoms with Gasteiger partial charge in [0.05, 0.1) is 16.3 Å². The van der Waals surface area contributed by atoms with Gasteiger partial charge >= 0.3 is 0 Å². The lowest BCUT2D eigenvalue weighted by atomic mass is 10.2. The minimum atomic E-state index is -0.0388. The Morgan fingerprint density at radius 1 is 1.16 bits per heavy atom. The second kappa shape index (κ2) is 7.99. The SMILES string of the molecule is CCN1CCN(C(=O)c2cnc(Nc3cc(Cl)ccc3Cl)nc2)CC1. The van der Waals surface area contributed by atoms with Gasteiger partial charge in [0.15, 0.2) is 0 Å². The Morgan fingerprint density at radius 3 is 2.48 bits per heavy atom. The Kier molecular flexibility index (Phi) is 5.73. The molecule has 1 amide bonds. The highest BCUT2D eigenvalue weighted by Crippen LogP contribution is 2.27. The van der Waals surface area contributed by atoms with Crippen molar-refractivity contribution in [2.75, 3.05) is 38.0 Å². The number of halogens is 2. The maximum Gasteiger partial charge on any atom is 0.257 e. The molecule has 0 radical (unpaired) electrons. The highest BCUT2D eigenvalue weighted by atomic mass is 35.5. The van der Waals surface area contributed by atoms with Crippen LogP contribution >= 0.6 is 23.2 Å². The average molecular weight is 380 g/mol. The smallest absolute Gasteiger partial charge is 0.257 e. The second-order valence-electron chi connectivity index (χ2n) is 5.77. The molecule has 2 aromatic rings. The Balaban J connectivity index is 1.66. The van der Waals surface area contributed by atoms with Gasteiger partial charge in [-0.05, 0) is 24.7 Å². The van der Waals surface area contributed by atoms with Crippen LogP contribution in [-0.2, 0) is 0 Å². The first-order valence-corrected chi connectivity index (χ1v) is 8.88. The number of benzene rings is 1. The van der Waals surface area contributed by atoms with Crippen molar-refractivity contribution in [2.24, 2.45) is 0 Å². The lowest BCUT2D eigenvalue weighted by Crippen LogP contribution is -2.48. The van der Waals surface area contributed by atoms with Crippen LogP contribution in [0.15, 0.2) is 30.6 Å². The minimum Gasteiger partial charge on any atom is -0.336 e. The molecule has 6 nitrogen and oxygen atoms in total. The predicted octanol–water partition coefficient (Wildman–Crippen LogP) is 3.30. The summed E-state index contributed by atoms with van der Waals surface area (Å²) >= 11 is 12.1. The topological polar surface area (TPSA) is 61.4 Å². The van der Waals surface area contributed by atoms with Gasteiger partial charge in [-0.2, -0.15) is 0 Å². The van der Waals surface area contributed by atoms with Crippen LogP contribution in [-0.4, -0.2) is 58.4 Å². The molecule has 1 saturated heterocycles. The number of hydrogen-bond donors (Lipinski definition) is 1. The summed E-state index contributed by atoms with van der Waals surface area (Å²) in [4.78, 5) is 25.1. The number of piperazine rings is 1. The van der Waals surface area contributed by atoms with Crippen molar-refractivity contribution in [3.05, 3.63) is 46.2 Å². The number of aromatic nitrogens is 2. The molecule has 0 aliphatic carbocycles. The van der Waals surface area contributed by atoms with Gasteiger partial charge in [0.2, 0.25) is 5.95 Å². The summed E-state index contributed by atoms with van der Waals surface area (Å²) in [6.45, 7) is 6.39. The first kappa shape index (κ1) is 17.9. The zero-order chi connectivity index (χ0) is 17.8. The van der Waals surface area contributed by atoms with Gasteiger partial charge in [0, 0.05) is 43.6 Å². The van der Waals surface area contributed by atoms with Crippen LogP contribution in [0.25, 0.3) is 0 Å². The van der Waals surface area contributed by atoms with E-state index in [-0.39, 0.29) is 5.91 Å². The number of rotatable bonds is 4. The maximum atomic E-state index is 12.5. The third kappa shape index (κ3) is 4.39. The molecule has 2 heterocycles. The van der Waals surface area contributed by atoms with Crippen LogP contribution in [0, 0.1) is 0 Å². The molecule has 1 aliphatic heterocycles. The maximum absolute atomic E-state index is 12.5. The number of anilines is 2. The van der Waals surface area contributed by atoms with Crippen LogP contribution in [0.3, 0.4) is 0 Å². The van der Waals surface area contributed by atoms with Crippen molar-refractivity contribution in [1.82, 2.24) is 19.8 Å². The summed E-state index contributed by atoms with van der Waals surface area (Å²) in [7, 11) is 0. The van der Waals surface area contributed by atoms with Crippen LogP contribution in [0.1, 0.15) is 17.3 Å². The highest BCUT2D eigenvalue weighted by Gasteiger charge is 2.21. The number of nitrogens with zero attached hydrogens (tertiary/aromatic N) is 4. The highest BCUT2D eigenvalue weighted by molar-refractivity contribution is 6.35. The van der Waals surface area contributed by atoms with Gasteiger partial charge in [0.25, 0.3) is 5.91 Å². The van der Waals surface area contributed by atoms with E-state index in [0.29, 0.717) is 27.2 Å². The molecule has 1 fully saturated rings. The van der Waals surface area contributed by atoms with E-state index in [1.165, 1.54) is 12.4 Å². The molecule has 0 atom stereocenters. The zero-order valence-electron chi connectivity index (χ0n) is 13.9. The summed E-state index contributed by atoms with van der Waals surface area (Å²) < 4.78 is 0. The summed E-state index contributed by atoms with van der Waals surface area (Å²) in [6.07, 6.45) is 3.06. The van der Waals surface area contributed by atoms with E-state index in [0.717, 1.165) is 32.7 Å². The quantitative estimate of drug-likeness (QED) is 0.882. The van der Waals surface area contributed by atoms with Crippen molar-refractivity contribution in [2.45, 2.75) is 6.92 Å². The fourth-order valence-corrected chi connectivity index (χ4v) is 3.00. The molecule has 1 aromatic carbocycles. The number of hydrogen-bond acceptors (Lipinski definition) is 5. The molecule has 1 aromatic heterocycles. The van der Waals surface area contributed by atoms with Gasteiger partial charge < -0.3 is 15.1 Å². The van der Waals surface area contributed by atoms with E-state index in [2.05, 4.69) is 27.1 Å². The molecule has 25 heavy (non-hydrogen) atoms. The van der Waals surface area contributed by atoms with E-state index in [9.17, 15) is 4.79 Å². The van der Waals surface area contributed by atoms with Crippen molar-refractivity contribution >= 4 is 40.7 Å². The number of amides is 1. The van der Waals surface area contributed by atoms with E-state index in [4.69, 9.17) is 23.2 Å². The number of carbonyl (C=O) groups excluding carboxylic acids is 1. The van der Waals surface area contributed by atoms with Gasteiger partial charge in [-0.1, -0.05) is 30.1 Å². The van der Waals surface area contributed by atoms with Gasteiger partial charge in [-0.15, -0.1) is 0 Å². The molecule has 0 bridgehead atoms. The summed E-state index contributed by atoms with van der Waals surface area (Å²) in [6, 6.07) is 5.09. The molecule has 0 spiro atoms. The fraction of sp³-hybridized carbons (Fsp3) is 0.353. The monoisotopic (exact) mass is 379 g/mol.